The number of esters is 1. The highest BCUT2D eigenvalue weighted by Crippen LogP contribution is 2.34. The number of unbranched alkanes of at least 4 members (excludes halogenated alkanes) is 1. The average Bonchev–Trinajstić information content (AvgIpc) is 3.69. The van der Waals surface area contributed by atoms with Gasteiger partial charge in [-0.3, -0.25) is 4.79 Å². The summed E-state index contributed by atoms with van der Waals surface area (Å²) in [5.74, 6) is 0.884. The van der Waals surface area contributed by atoms with Crippen LogP contribution in [0.3, 0.4) is 0 Å². The summed E-state index contributed by atoms with van der Waals surface area (Å²) in [7, 11) is 1.76. The first kappa shape index (κ1) is 29.2. The van der Waals surface area contributed by atoms with Crippen molar-refractivity contribution in [3.05, 3.63) is 107 Å². The fourth-order valence-electron chi connectivity index (χ4n) is 4.93. The largest absolute Gasteiger partial charge is 0.454 e. The van der Waals surface area contributed by atoms with E-state index in [2.05, 4.69) is 42.8 Å². The van der Waals surface area contributed by atoms with E-state index in [0.717, 1.165) is 52.9 Å². The molecular formula is C32H34ClN7O2. The number of H-pyrrole nitrogens is 2. The number of imidazole rings is 1. The lowest BCUT2D eigenvalue weighted by molar-refractivity contribution is -0.152. The Labute approximate surface area is 250 Å². The van der Waals surface area contributed by atoms with E-state index in [1.54, 1.807) is 7.05 Å². The van der Waals surface area contributed by atoms with E-state index < -0.39 is 12.1 Å². The van der Waals surface area contributed by atoms with Crippen LogP contribution in [0.25, 0.3) is 22.5 Å². The van der Waals surface area contributed by atoms with Crippen molar-refractivity contribution in [2.75, 3.05) is 7.05 Å². The number of halogens is 1. The Morgan fingerprint density at radius 2 is 1.74 bits per heavy atom. The maximum Gasteiger partial charge on any atom is 0.324 e. The Bertz CT molecular complexity index is 1570. The molecule has 3 aromatic carbocycles. The molecule has 0 amide bonds. The van der Waals surface area contributed by atoms with Gasteiger partial charge in [0.25, 0.3) is 0 Å². The van der Waals surface area contributed by atoms with Crippen molar-refractivity contribution in [2.24, 2.45) is 0 Å². The van der Waals surface area contributed by atoms with Gasteiger partial charge in [0.2, 0.25) is 5.82 Å². The van der Waals surface area contributed by atoms with E-state index in [4.69, 9.17) is 16.3 Å². The lowest BCUT2D eigenvalue weighted by Gasteiger charge is -2.22. The molecule has 0 aliphatic carbocycles. The van der Waals surface area contributed by atoms with Crippen LogP contribution < -0.4 is 5.32 Å². The van der Waals surface area contributed by atoms with Crippen LogP contribution in [-0.2, 0) is 28.8 Å². The molecule has 2 atom stereocenters. The first-order chi connectivity index (χ1) is 20.6. The van der Waals surface area contributed by atoms with Crippen molar-refractivity contribution >= 4 is 17.6 Å². The summed E-state index contributed by atoms with van der Waals surface area (Å²) in [6.07, 6.45) is 2.93. The maximum atomic E-state index is 13.5. The highest BCUT2D eigenvalue weighted by atomic mass is 35.5. The third kappa shape index (κ3) is 7.10. The van der Waals surface area contributed by atoms with Gasteiger partial charge in [0.1, 0.15) is 18.0 Å². The Hall–Kier alpha value is -4.34. The van der Waals surface area contributed by atoms with E-state index in [1.165, 1.54) is 0 Å². The number of aryl methyl sites for hydroxylation is 1. The van der Waals surface area contributed by atoms with E-state index in [1.807, 2.05) is 78.9 Å². The average molecular weight is 584 g/mol. The second-order valence-electron chi connectivity index (χ2n) is 10.1. The van der Waals surface area contributed by atoms with Crippen molar-refractivity contribution in [1.82, 2.24) is 35.9 Å². The van der Waals surface area contributed by atoms with Crippen LogP contribution >= 0.6 is 11.6 Å². The van der Waals surface area contributed by atoms with Crippen molar-refractivity contribution in [1.29, 1.82) is 0 Å². The molecule has 2 heterocycles. The van der Waals surface area contributed by atoms with E-state index in [9.17, 15) is 4.79 Å². The van der Waals surface area contributed by atoms with Gasteiger partial charge in [-0.1, -0.05) is 97.7 Å². The molecular weight excluding hydrogens is 550 g/mol. The second kappa shape index (κ2) is 14.0. The minimum atomic E-state index is -0.694. The standard InChI is InChI=1S/C32H34ClN7O2/c1-3-4-15-28-35-29(30(33)36-28)27(42-32(41)26(34-2)19-21-11-7-5-8-12-21)20-22-16-17-24(23-13-9-6-10-14-23)25(18-22)31-37-39-40-38-31/h5-14,16-18,26-27,34H,3-4,15,19-20H2,1-2H3,(H,35,36)(H,37,38,39,40)/t26-,27-/m1/s1. The van der Waals surface area contributed by atoms with Crippen LogP contribution in [0.1, 0.15) is 48.5 Å². The summed E-state index contributed by atoms with van der Waals surface area (Å²) in [6.45, 7) is 2.13. The van der Waals surface area contributed by atoms with E-state index >= 15 is 0 Å². The molecule has 0 saturated heterocycles. The zero-order valence-electron chi connectivity index (χ0n) is 23.7. The molecule has 216 valence electrons. The smallest absolute Gasteiger partial charge is 0.324 e. The zero-order chi connectivity index (χ0) is 29.3. The van der Waals surface area contributed by atoms with Gasteiger partial charge in [0.15, 0.2) is 5.15 Å². The summed E-state index contributed by atoms with van der Waals surface area (Å²) in [6, 6.07) is 25.4. The number of tetrazole rings is 1. The number of aromatic nitrogens is 6. The molecule has 42 heavy (non-hydrogen) atoms. The van der Waals surface area contributed by atoms with Crippen molar-refractivity contribution in [3.63, 3.8) is 0 Å². The molecule has 5 rings (SSSR count). The maximum absolute atomic E-state index is 13.5. The fraction of sp³-hybridized carbons (Fsp3) is 0.281. The molecule has 3 N–H and O–H groups in total. The van der Waals surface area contributed by atoms with Crippen molar-refractivity contribution in [2.45, 2.75) is 51.2 Å². The molecule has 0 bridgehead atoms. The van der Waals surface area contributed by atoms with Gasteiger partial charge < -0.3 is 15.0 Å². The molecule has 0 saturated carbocycles. The molecule has 9 nitrogen and oxygen atoms in total. The first-order valence-electron chi connectivity index (χ1n) is 14.1. The number of benzene rings is 3. The molecule has 0 aliphatic rings. The highest BCUT2D eigenvalue weighted by Gasteiger charge is 2.28. The van der Waals surface area contributed by atoms with Crippen molar-refractivity contribution < 1.29 is 9.53 Å². The molecule has 2 aromatic heterocycles. The van der Waals surface area contributed by atoms with Gasteiger partial charge in [0, 0.05) is 18.4 Å². The normalized spacial score (nSPS) is 12.6. The van der Waals surface area contributed by atoms with Crippen LogP contribution in [0.5, 0.6) is 0 Å². The number of aromatic amines is 2. The molecule has 0 aliphatic heterocycles. The Morgan fingerprint density at radius 3 is 2.43 bits per heavy atom. The van der Waals surface area contributed by atoms with Crippen LogP contribution in [0.4, 0.5) is 0 Å². The lowest BCUT2D eigenvalue weighted by Crippen LogP contribution is -2.38. The topological polar surface area (TPSA) is 121 Å². The summed E-state index contributed by atoms with van der Waals surface area (Å²) in [5, 5.41) is 18.2. The molecule has 0 spiro atoms. The van der Waals surface area contributed by atoms with Gasteiger partial charge in [-0.05, 0) is 53.4 Å². The third-order valence-electron chi connectivity index (χ3n) is 7.17. The number of nitrogens with one attached hydrogen (secondary N) is 3. The number of nitrogens with zero attached hydrogens (tertiary/aromatic N) is 4. The zero-order valence-corrected chi connectivity index (χ0v) is 24.4. The van der Waals surface area contributed by atoms with Crippen molar-refractivity contribution in [3.8, 4) is 22.5 Å². The van der Waals surface area contributed by atoms with Gasteiger partial charge in [-0.15, -0.1) is 10.2 Å². The predicted molar refractivity (Wildman–Crippen MR) is 163 cm³/mol. The summed E-state index contributed by atoms with van der Waals surface area (Å²) in [4.78, 5) is 21.4. The summed E-state index contributed by atoms with van der Waals surface area (Å²) >= 11 is 6.65. The lowest BCUT2D eigenvalue weighted by atomic mass is 9.95. The van der Waals surface area contributed by atoms with Gasteiger partial charge in [0.05, 0.1) is 5.69 Å². The minimum absolute atomic E-state index is 0.308. The predicted octanol–water partition coefficient (Wildman–Crippen LogP) is 5.91. The monoisotopic (exact) mass is 583 g/mol. The van der Waals surface area contributed by atoms with Crippen LogP contribution in [0.15, 0.2) is 78.9 Å². The first-order valence-corrected chi connectivity index (χ1v) is 14.5. The number of likely N-dealkylation sites (N-methyl/N-ethyl adjacent to an activating group) is 1. The SMILES string of the molecule is CCCCc1nc(Cl)c([C@@H](Cc2ccc(-c3ccccc3)c(-c3nn[nH]n3)c2)OC(=O)[C@@H](Cc2ccccc2)NC)[nH]1. The van der Waals surface area contributed by atoms with Gasteiger partial charge in [-0.2, -0.15) is 5.21 Å². The second-order valence-corrected chi connectivity index (χ2v) is 10.5. The van der Waals surface area contributed by atoms with E-state index in [0.29, 0.717) is 29.5 Å². The molecule has 10 heteroatoms. The number of hydrogen-bond donors (Lipinski definition) is 3. The number of carbonyl (C=O) groups is 1. The van der Waals surface area contributed by atoms with Crippen LogP contribution in [0.2, 0.25) is 5.15 Å². The number of ether oxygens (including phenoxy) is 1. The van der Waals surface area contributed by atoms with E-state index in [-0.39, 0.29) is 5.97 Å². The van der Waals surface area contributed by atoms with Crippen LogP contribution in [-0.4, -0.2) is 49.7 Å². The number of carbonyl (C=O) groups excluding carboxylic acids is 1. The third-order valence-corrected chi connectivity index (χ3v) is 7.46. The summed E-state index contributed by atoms with van der Waals surface area (Å²) in [5.41, 5.74) is 5.34. The van der Waals surface area contributed by atoms with Crippen LogP contribution in [0, 0.1) is 0 Å². The Morgan fingerprint density at radius 1 is 0.976 bits per heavy atom. The van der Waals surface area contributed by atoms with Gasteiger partial charge >= 0.3 is 5.97 Å². The molecule has 0 unspecified atom stereocenters. The quantitative estimate of drug-likeness (QED) is 0.147. The molecule has 0 fully saturated rings. The Balaban J connectivity index is 1.47. The molecule has 0 radical (unpaired) electrons. The highest BCUT2D eigenvalue weighted by molar-refractivity contribution is 6.30. The fourth-order valence-corrected chi connectivity index (χ4v) is 5.20. The number of rotatable bonds is 13. The number of hydrogen-bond acceptors (Lipinski definition) is 7. The summed E-state index contributed by atoms with van der Waals surface area (Å²) < 4.78 is 6.20. The van der Waals surface area contributed by atoms with Gasteiger partial charge in [-0.25, -0.2) is 4.98 Å². The minimum Gasteiger partial charge on any atom is -0.454 e. The Kier molecular flexibility index (Phi) is 9.74. The molecule has 5 aromatic rings.